The van der Waals surface area contributed by atoms with Crippen molar-refractivity contribution >= 4 is 5.82 Å². The number of hydrogen-bond acceptors (Lipinski definition) is 5. The lowest BCUT2D eigenvalue weighted by Crippen LogP contribution is -2.09. The topological polar surface area (TPSA) is 56.3 Å². The van der Waals surface area contributed by atoms with Gasteiger partial charge >= 0.3 is 0 Å². The predicted octanol–water partition coefficient (Wildman–Crippen LogP) is 2.02. The second-order valence-electron chi connectivity index (χ2n) is 4.66. The zero-order valence-corrected chi connectivity index (χ0v) is 11.1. The molecule has 0 atom stereocenters. The molecule has 1 aromatic rings. The van der Waals surface area contributed by atoms with Gasteiger partial charge in [-0.25, -0.2) is 9.97 Å². The Morgan fingerprint density at radius 2 is 2.22 bits per heavy atom. The van der Waals surface area contributed by atoms with Gasteiger partial charge in [0.2, 0.25) is 5.88 Å². The molecule has 0 unspecified atom stereocenters. The summed E-state index contributed by atoms with van der Waals surface area (Å²) in [5.74, 6) is 2.30. The summed E-state index contributed by atoms with van der Waals surface area (Å²) in [6.45, 7) is 4.54. The number of methoxy groups -OCH3 is 1. The Bertz CT molecular complexity index is 380. The number of nitrogens with one attached hydrogen (secondary N) is 1. The fraction of sp³-hybridized carbons (Fsp3) is 0.692. The van der Waals surface area contributed by atoms with Crippen LogP contribution in [0.4, 0.5) is 5.82 Å². The first kappa shape index (κ1) is 13.1. The van der Waals surface area contributed by atoms with Crippen molar-refractivity contribution in [3.05, 3.63) is 11.9 Å². The molecule has 0 aliphatic heterocycles. The largest absolute Gasteiger partial charge is 0.481 e. The van der Waals surface area contributed by atoms with Gasteiger partial charge in [0.1, 0.15) is 12.1 Å². The molecule has 100 valence electrons. The highest BCUT2D eigenvalue weighted by atomic mass is 16.5. The summed E-state index contributed by atoms with van der Waals surface area (Å²) in [5, 5.41) is 3.28. The first-order chi connectivity index (χ1) is 8.81. The van der Waals surface area contributed by atoms with E-state index in [-0.39, 0.29) is 0 Å². The highest BCUT2D eigenvalue weighted by Gasteiger charge is 2.20. The smallest absolute Gasteiger partial charge is 0.221 e. The fourth-order valence-electron chi connectivity index (χ4n) is 1.73. The third-order valence-electron chi connectivity index (χ3n) is 3.04. The maximum atomic E-state index is 5.57. The molecule has 0 amide bonds. The average molecular weight is 251 g/mol. The predicted molar refractivity (Wildman–Crippen MR) is 70.0 cm³/mol. The van der Waals surface area contributed by atoms with Gasteiger partial charge in [-0.05, 0) is 32.1 Å². The van der Waals surface area contributed by atoms with Crippen molar-refractivity contribution in [1.29, 1.82) is 0 Å². The van der Waals surface area contributed by atoms with Crippen LogP contribution in [0.1, 0.15) is 24.8 Å². The lowest BCUT2D eigenvalue weighted by Gasteiger charge is -2.10. The van der Waals surface area contributed by atoms with Crippen molar-refractivity contribution in [3.63, 3.8) is 0 Å². The van der Waals surface area contributed by atoms with Crippen molar-refractivity contribution in [3.8, 4) is 5.88 Å². The Hall–Kier alpha value is -1.36. The summed E-state index contributed by atoms with van der Waals surface area (Å²) in [6, 6.07) is 0. The van der Waals surface area contributed by atoms with Crippen LogP contribution in [0, 0.1) is 12.8 Å². The summed E-state index contributed by atoms with van der Waals surface area (Å²) < 4.78 is 10.7. The Labute approximate surface area is 108 Å². The van der Waals surface area contributed by atoms with Crippen LogP contribution in [0.2, 0.25) is 0 Å². The van der Waals surface area contributed by atoms with Crippen LogP contribution in [0.25, 0.3) is 0 Å². The number of ether oxygens (including phenoxy) is 2. The number of anilines is 1. The van der Waals surface area contributed by atoms with Gasteiger partial charge in [0.15, 0.2) is 0 Å². The van der Waals surface area contributed by atoms with Crippen LogP contribution in [-0.4, -0.2) is 36.8 Å². The van der Waals surface area contributed by atoms with Crippen molar-refractivity contribution in [1.82, 2.24) is 9.97 Å². The first-order valence-electron chi connectivity index (χ1n) is 6.48. The fourth-order valence-corrected chi connectivity index (χ4v) is 1.73. The molecule has 18 heavy (non-hydrogen) atoms. The summed E-state index contributed by atoms with van der Waals surface area (Å²) in [6.07, 6.45) is 5.19. The van der Waals surface area contributed by atoms with Gasteiger partial charge in [-0.15, -0.1) is 0 Å². The maximum absolute atomic E-state index is 5.57. The molecule has 1 aliphatic rings. The number of aromatic nitrogens is 2. The molecule has 1 aromatic heterocycles. The van der Waals surface area contributed by atoms with Crippen LogP contribution in [0.3, 0.4) is 0 Å². The van der Waals surface area contributed by atoms with Crippen molar-refractivity contribution in [2.45, 2.75) is 26.2 Å². The molecule has 0 saturated heterocycles. The van der Waals surface area contributed by atoms with Crippen molar-refractivity contribution < 1.29 is 9.47 Å². The number of hydrogen-bond donors (Lipinski definition) is 1. The minimum Gasteiger partial charge on any atom is -0.481 e. The van der Waals surface area contributed by atoms with E-state index in [0.29, 0.717) is 5.88 Å². The molecular weight excluding hydrogens is 230 g/mol. The maximum Gasteiger partial charge on any atom is 0.221 e. The van der Waals surface area contributed by atoms with Crippen molar-refractivity contribution in [2.24, 2.45) is 5.92 Å². The van der Waals surface area contributed by atoms with E-state index in [2.05, 4.69) is 15.3 Å². The molecule has 1 N–H and O–H groups in total. The van der Waals surface area contributed by atoms with Gasteiger partial charge in [-0.1, -0.05) is 0 Å². The molecule has 5 heteroatoms. The normalized spacial score (nSPS) is 14.6. The van der Waals surface area contributed by atoms with Gasteiger partial charge in [0, 0.05) is 19.8 Å². The zero-order valence-electron chi connectivity index (χ0n) is 11.1. The molecular formula is C13H21N3O2. The van der Waals surface area contributed by atoms with Gasteiger partial charge in [-0.3, -0.25) is 0 Å². The first-order valence-corrected chi connectivity index (χ1v) is 6.48. The van der Waals surface area contributed by atoms with Crippen LogP contribution < -0.4 is 10.1 Å². The molecule has 1 aliphatic carbocycles. The molecule has 2 rings (SSSR count). The van der Waals surface area contributed by atoms with Crippen molar-refractivity contribution in [2.75, 3.05) is 32.2 Å². The quantitative estimate of drug-likeness (QED) is 0.716. The molecule has 0 bridgehead atoms. The lowest BCUT2D eigenvalue weighted by atomic mass is 10.3. The van der Waals surface area contributed by atoms with Gasteiger partial charge in [-0.2, -0.15) is 0 Å². The molecule has 5 nitrogen and oxygen atoms in total. The van der Waals surface area contributed by atoms with E-state index >= 15 is 0 Å². The van der Waals surface area contributed by atoms with E-state index in [1.165, 1.54) is 19.2 Å². The van der Waals surface area contributed by atoms with Gasteiger partial charge in [0.05, 0.1) is 12.7 Å². The molecule has 0 radical (unpaired) electrons. The number of rotatable bonds is 8. The van der Waals surface area contributed by atoms with E-state index in [1.54, 1.807) is 7.11 Å². The average Bonchev–Trinajstić information content (AvgIpc) is 3.19. The Morgan fingerprint density at radius 1 is 1.39 bits per heavy atom. The Morgan fingerprint density at radius 3 is 2.94 bits per heavy atom. The summed E-state index contributed by atoms with van der Waals surface area (Å²) >= 11 is 0. The molecule has 0 aromatic carbocycles. The molecule has 1 saturated carbocycles. The van der Waals surface area contributed by atoms with E-state index in [1.807, 2.05) is 6.92 Å². The molecule has 1 heterocycles. The third-order valence-corrected chi connectivity index (χ3v) is 3.04. The summed E-state index contributed by atoms with van der Waals surface area (Å²) in [5.41, 5.74) is 0.943. The monoisotopic (exact) mass is 251 g/mol. The van der Waals surface area contributed by atoms with E-state index in [0.717, 1.165) is 43.5 Å². The van der Waals surface area contributed by atoms with Crippen LogP contribution in [0.15, 0.2) is 6.33 Å². The standard InChI is InChI=1S/C13H21N3O2/c1-10-12(15-9-16-13(10)17-2)14-6-3-7-18-8-11-4-5-11/h9,11H,3-8H2,1-2H3,(H,14,15,16). The van der Waals surface area contributed by atoms with Crippen LogP contribution in [0.5, 0.6) is 5.88 Å². The Balaban J connectivity index is 1.65. The van der Waals surface area contributed by atoms with Gasteiger partial charge < -0.3 is 14.8 Å². The molecule has 1 fully saturated rings. The highest BCUT2D eigenvalue weighted by molar-refractivity contribution is 5.47. The van der Waals surface area contributed by atoms with Crippen LogP contribution in [-0.2, 0) is 4.74 Å². The second kappa shape index (κ2) is 6.54. The summed E-state index contributed by atoms with van der Waals surface area (Å²) in [4.78, 5) is 8.24. The minimum absolute atomic E-state index is 0.623. The Kier molecular flexibility index (Phi) is 4.75. The zero-order chi connectivity index (χ0) is 12.8. The summed E-state index contributed by atoms with van der Waals surface area (Å²) in [7, 11) is 1.62. The van der Waals surface area contributed by atoms with E-state index < -0.39 is 0 Å². The van der Waals surface area contributed by atoms with E-state index in [4.69, 9.17) is 9.47 Å². The van der Waals surface area contributed by atoms with E-state index in [9.17, 15) is 0 Å². The molecule has 0 spiro atoms. The second-order valence-corrected chi connectivity index (χ2v) is 4.66. The SMILES string of the molecule is COc1ncnc(NCCCOCC2CC2)c1C. The minimum atomic E-state index is 0.623. The lowest BCUT2D eigenvalue weighted by molar-refractivity contribution is 0.124. The number of nitrogens with zero attached hydrogens (tertiary/aromatic N) is 2. The highest BCUT2D eigenvalue weighted by Crippen LogP contribution is 2.28. The van der Waals surface area contributed by atoms with Crippen LogP contribution >= 0.6 is 0 Å². The van der Waals surface area contributed by atoms with Gasteiger partial charge in [0.25, 0.3) is 0 Å². The third kappa shape index (κ3) is 3.84.